The van der Waals surface area contributed by atoms with Gasteiger partial charge >= 0.3 is 12.0 Å². The molecule has 1 N–H and O–H groups in total. The Kier molecular flexibility index (Phi) is 4.59. The van der Waals surface area contributed by atoms with Crippen LogP contribution in [0.4, 0.5) is 4.79 Å². The van der Waals surface area contributed by atoms with Crippen molar-refractivity contribution in [3.8, 4) is 0 Å². The number of amides is 2. The predicted octanol–water partition coefficient (Wildman–Crippen LogP) is 1.88. The van der Waals surface area contributed by atoms with E-state index in [1.54, 1.807) is 16.8 Å². The van der Waals surface area contributed by atoms with Crippen LogP contribution in [0, 0.1) is 11.3 Å². The molecule has 0 aliphatic carbocycles. The molecule has 0 aromatic rings. The van der Waals surface area contributed by atoms with Crippen LogP contribution < -0.4 is 0 Å². The predicted molar refractivity (Wildman–Crippen MR) is 69.4 cm³/mol. The number of piperidine rings is 1. The number of hydrogen-bond acceptors (Lipinski definition) is 2. The van der Waals surface area contributed by atoms with Gasteiger partial charge in [-0.1, -0.05) is 20.8 Å². The van der Waals surface area contributed by atoms with Gasteiger partial charge in [0.15, 0.2) is 0 Å². The lowest BCUT2D eigenvalue weighted by atomic mass is 9.96. The second kappa shape index (κ2) is 5.59. The molecule has 1 aliphatic rings. The number of carboxylic acid groups (broad SMARTS) is 1. The second-order valence-electron chi connectivity index (χ2n) is 6.32. The zero-order valence-electron chi connectivity index (χ0n) is 11.8. The Labute approximate surface area is 109 Å². The van der Waals surface area contributed by atoms with Crippen molar-refractivity contribution in [3.63, 3.8) is 0 Å². The summed E-state index contributed by atoms with van der Waals surface area (Å²) in [6.07, 6.45) is 1.44. The van der Waals surface area contributed by atoms with Crippen LogP contribution >= 0.6 is 0 Å². The van der Waals surface area contributed by atoms with Crippen LogP contribution in [0.1, 0.15) is 33.6 Å². The molecule has 0 saturated carbocycles. The lowest BCUT2D eigenvalue weighted by molar-refractivity contribution is -0.143. The van der Waals surface area contributed by atoms with Gasteiger partial charge in [-0.15, -0.1) is 0 Å². The average molecular weight is 256 g/mol. The van der Waals surface area contributed by atoms with Crippen molar-refractivity contribution in [2.75, 3.05) is 26.7 Å². The molecular weight excluding hydrogens is 232 g/mol. The molecule has 0 spiro atoms. The van der Waals surface area contributed by atoms with Gasteiger partial charge < -0.3 is 14.9 Å². The highest BCUT2D eigenvalue weighted by atomic mass is 16.4. The minimum atomic E-state index is -0.800. The molecule has 1 unspecified atom stereocenters. The molecule has 5 nitrogen and oxygen atoms in total. The van der Waals surface area contributed by atoms with Gasteiger partial charge in [0.2, 0.25) is 0 Å². The molecule has 1 heterocycles. The van der Waals surface area contributed by atoms with Crippen LogP contribution in [0.25, 0.3) is 0 Å². The number of carbonyl (C=O) groups excluding carboxylic acids is 1. The van der Waals surface area contributed by atoms with E-state index in [1.807, 2.05) is 0 Å². The maximum atomic E-state index is 12.2. The number of hydrogen-bond donors (Lipinski definition) is 1. The third kappa shape index (κ3) is 4.20. The van der Waals surface area contributed by atoms with Gasteiger partial charge in [-0.3, -0.25) is 4.79 Å². The fourth-order valence-corrected chi connectivity index (χ4v) is 2.37. The van der Waals surface area contributed by atoms with Crippen LogP contribution in [0.5, 0.6) is 0 Å². The minimum Gasteiger partial charge on any atom is -0.481 e. The Balaban J connectivity index is 2.58. The fraction of sp³-hybridized carbons (Fsp3) is 0.846. The highest BCUT2D eigenvalue weighted by Gasteiger charge is 2.30. The van der Waals surface area contributed by atoms with Crippen molar-refractivity contribution < 1.29 is 14.7 Å². The van der Waals surface area contributed by atoms with Gasteiger partial charge in [-0.05, 0) is 18.3 Å². The molecular formula is C13H24N2O3. The van der Waals surface area contributed by atoms with E-state index < -0.39 is 11.9 Å². The fourth-order valence-electron chi connectivity index (χ4n) is 2.37. The van der Waals surface area contributed by atoms with E-state index >= 15 is 0 Å². The molecule has 5 heteroatoms. The SMILES string of the molecule is CN(CC(C)(C)C)C(=O)N1CCCC(C(=O)O)C1. The molecule has 104 valence electrons. The summed E-state index contributed by atoms with van der Waals surface area (Å²) in [5.41, 5.74) is 0.0480. The van der Waals surface area contributed by atoms with E-state index in [2.05, 4.69) is 20.8 Å². The standard InChI is InChI=1S/C13H24N2O3/c1-13(2,3)9-14(4)12(18)15-7-5-6-10(8-15)11(16)17/h10H,5-9H2,1-4H3,(H,16,17). The van der Waals surface area contributed by atoms with Crippen molar-refractivity contribution in [3.05, 3.63) is 0 Å². The summed E-state index contributed by atoms with van der Waals surface area (Å²) in [5, 5.41) is 9.01. The molecule has 1 aliphatic heterocycles. The number of nitrogens with zero attached hydrogens (tertiary/aromatic N) is 2. The van der Waals surface area contributed by atoms with Gasteiger partial charge in [0, 0.05) is 26.7 Å². The lowest BCUT2D eigenvalue weighted by Gasteiger charge is -2.35. The first-order valence-corrected chi connectivity index (χ1v) is 6.43. The van der Waals surface area contributed by atoms with Crippen molar-refractivity contribution >= 4 is 12.0 Å². The Hall–Kier alpha value is -1.26. The zero-order valence-corrected chi connectivity index (χ0v) is 11.8. The zero-order chi connectivity index (χ0) is 13.9. The average Bonchev–Trinajstić information content (AvgIpc) is 2.26. The number of carbonyl (C=O) groups is 2. The molecule has 18 heavy (non-hydrogen) atoms. The van der Waals surface area contributed by atoms with E-state index in [0.717, 1.165) is 6.42 Å². The maximum absolute atomic E-state index is 12.2. The molecule has 0 radical (unpaired) electrons. The summed E-state index contributed by atoms with van der Waals surface area (Å²) in [7, 11) is 1.78. The summed E-state index contributed by atoms with van der Waals surface area (Å²) in [4.78, 5) is 26.5. The highest BCUT2D eigenvalue weighted by molar-refractivity contribution is 5.76. The van der Waals surface area contributed by atoms with Gasteiger partial charge in [0.25, 0.3) is 0 Å². The normalized spacial score (nSPS) is 20.7. The molecule has 1 atom stereocenters. The summed E-state index contributed by atoms with van der Waals surface area (Å²) in [6, 6.07) is -0.0594. The monoisotopic (exact) mass is 256 g/mol. The Morgan fingerprint density at radius 1 is 1.39 bits per heavy atom. The van der Waals surface area contributed by atoms with E-state index in [0.29, 0.717) is 26.1 Å². The van der Waals surface area contributed by atoms with Crippen LogP contribution in [-0.2, 0) is 4.79 Å². The highest BCUT2D eigenvalue weighted by Crippen LogP contribution is 2.20. The van der Waals surface area contributed by atoms with E-state index in [4.69, 9.17) is 5.11 Å². The second-order valence-corrected chi connectivity index (χ2v) is 6.32. The molecule has 2 amide bonds. The quantitative estimate of drug-likeness (QED) is 0.820. The summed E-state index contributed by atoms with van der Waals surface area (Å²) < 4.78 is 0. The van der Waals surface area contributed by atoms with Gasteiger partial charge in [0.05, 0.1) is 5.92 Å². The van der Waals surface area contributed by atoms with Crippen molar-refractivity contribution in [2.45, 2.75) is 33.6 Å². The first kappa shape index (κ1) is 14.8. The third-order valence-electron chi connectivity index (χ3n) is 3.08. The largest absolute Gasteiger partial charge is 0.481 e. The first-order chi connectivity index (χ1) is 8.20. The Morgan fingerprint density at radius 3 is 2.50 bits per heavy atom. The molecule has 1 fully saturated rings. The van der Waals surface area contributed by atoms with Crippen LogP contribution in [0.2, 0.25) is 0 Å². The number of likely N-dealkylation sites (tertiary alicyclic amines) is 1. The summed E-state index contributed by atoms with van der Waals surface area (Å²) in [5.74, 6) is -1.21. The first-order valence-electron chi connectivity index (χ1n) is 6.43. The van der Waals surface area contributed by atoms with Gasteiger partial charge in [-0.25, -0.2) is 4.79 Å². The smallest absolute Gasteiger partial charge is 0.319 e. The van der Waals surface area contributed by atoms with Crippen molar-refractivity contribution in [2.24, 2.45) is 11.3 Å². The lowest BCUT2D eigenvalue weighted by Crippen LogP contribution is -2.49. The van der Waals surface area contributed by atoms with E-state index in [9.17, 15) is 9.59 Å². The van der Waals surface area contributed by atoms with Crippen molar-refractivity contribution in [1.29, 1.82) is 0 Å². The topological polar surface area (TPSA) is 60.9 Å². The van der Waals surface area contributed by atoms with Gasteiger partial charge in [0.1, 0.15) is 0 Å². The Bertz CT molecular complexity index is 323. The molecule has 1 saturated heterocycles. The Morgan fingerprint density at radius 2 is 2.00 bits per heavy atom. The molecule has 1 rings (SSSR count). The summed E-state index contributed by atoms with van der Waals surface area (Å²) >= 11 is 0. The number of aliphatic carboxylic acids is 1. The summed E-state index contributed by atoms with van der Waals surface area (Å²) in [6.45, 7) is 7.90. The van der Waals surface area contributed by atoms with E-state index in [-0.39, 0.29) is 11.4 Å². The minimum absolute atomic E-state index is 0.0480. The molecule has 0 aromatic carbocycles. The van der Waals surface area contributed by atoms with Crippen LogP contribution in [-0.4, -0.2) is 53.6 Å². The van der Waals surface area contributed by atoms with Crippen molar-refractivity contribution in [1.82, 2.24) is 9.80 Å². The van der Waals surface area contributed by atoms with Crippen LogP contribution in [0.3, 0.4) is 0 Å². The number of urea groups is 1. The van der Waals surface area contributed by atoms with Crippen LogP contribution in [0.15, 0.2) is 0 Å². The van der Waals surface area contributed by atoms with Gasteiger partial charge in [-0.2, -0.15) is 0 Å². The number of rotatable bonds is 2. The maximum Gasteiger partial charge on any atom is 0.319 e. The molecule has 0 aromatic heterocycles. The number of carboxylic acids is 1. The molecule has 0 bridgehead atoms. The third-order valence-corrected chi connectivity index (χ3v) is 3.08. The van der Waals surface area contributed by atoms with E-state index in [1.165, 1.54) is 0 Å².